The van der Waals surface area contributed by atoms with Crippen LogP contribution in [-0.2, 0) is 11.3 Å². The molecule has 0 unspecified atom stereocenters. The monoisotopic (exact) mass is 361 g/mol. The molecule has 140 valence electrons. The lowest BCUT2D eigenvalue weighted by Gasteiger charge is -2.18. The Morgan fingerprint density at radius 2 is 1.93 bits per heavy atom. The molecule has 1 fully saturated rings. The molecule has 1 saturated heterocycles. The highest BCUT2D eigenvalue weighted by Gasteiger charge is 2.34. The van der Waals surface area contributed by atoms with Gasteiger partial charge < -0.3 is 9.47 Å². The molecule has 2 heterocycles. The number of anilines is 1. The van der Waals surface area contributed by atoms with Gasteiger partial charge >= 0.3 is 0 Å². The summed E-state index contributed by atoms with van der Waals surface area (Å²) in [6.07, 6.45) is 2.79. The van der Waals surface area contributed by atoms with E-state index in [0.29, 0.717) is 13.0 Å². The number of unbranched alkanes of at least 4 members (excludes halogenated alkanes) is 1. The Morgan fingerprint density at radius 3 is 2.70 bits per heavy atom. The lowest BCUT2D eigenvalue weighted by molar-refractivity contribution is -0.117. The van der Waals surface area contributed by atoms with Crippen molar-refractivity contribution in [3.05, 3.63) is 59.4 Å². The van der Waals surface area contributed by atoms with Gasteiger partial charge in [0.05, 0.1) is 11.0 Å². The molecule has 0 spiro atoms. The van der Waals surface area contributed by atoms with Crippen molar-refractivity contribution in [1.82, 2.24) is 9.55 Å². The van der Waals surface area contributed by atoms with Crippen LogP contribution in [0.4, 0.5) is 5.69 Å². The van der Waals surface area contributed by atoms with Crippen LogP contribution in [0.15, 0.2) is 42.5 Å². The molecule has 1 aliphatic rings. The highest BCUT2D eigenvalue weighted by molar-refractivity contribution is 5.96. The van der Waals surface area contributed by atoms with Gasteiger partial charge in [-0.05, 0) is 55.7 Å². The molecule has 4 heteroatoms. The van der Waals surface area contributed by atoms with E-state index < -0.39 is 0 Å². The van der Waals surface area contributed by atoms with E-state index in [2.05, 4.69) is 61.7 Å². The molecule has 1 aromatic heterocycles. The Kier molecular flexibility index (Phi) is 4.73. The molecular formula is C23H27N3O. The number of hydrogen-bond acceptors (Lipinski definition) is 2. The largest absolute Gasteiger partial charge is 0.328 e. The normalized spacial score (nSPS) is 17.2. The number of carbonyl (C=O) groups excluding carboxylic acids is 1. The van der Waals surface area contributed by atoms with Gasteiger partial charge in [-0.25, -0.2) is 4.98 Å². The summed E-state index contributed by atoms with van der Waals surface area (Å²) >= 11 is 0. The Morgan fingerprint density at radius 1 is 1.11 bits per heavy atom. The third-order valence-corrected chi connectivity index (χ3v) is 5.71. The van der Waals surface area contributed by atoms with Gasteiger partial charge in [-0.15, -0.1) is 0 Å². The first-order chi connectivity index (χ1) is 13.1. The Labute approximate surface area is 160 Å². The molecule has 0 N–H and O–H groups in total. The zero-order chi connectivity index (χ0) is 19.0. The lowest BCUT2D eigenvalue weighted by atomic mass is 10.1. The zero-order valence-corrected chi connectivity index (χ0v) is 16.4. The summed E-state index contributed by atoms with van der Waals surface area (Å²) in [5, 5.41) is 0. The fraction of sp³-hybridized carbons (Fsp3) is 0.391. The topological polar surface area (TPSA) is 38.1 Å². The van der Waals surface area contributed by atoms with E-state index in [1.54, 1.807) is 0 Å². The Bertz CT molecular complexity index is 988. The molecule has 1 aliphatic heterocycles. The number of imidazole rings is 1. The van der Waals surface area contributed by atoms with Gasteiger partial charge in [-0.3, -0.25) is 4.79 Å². The van der Waals surface area contributed by atoms with E-state index in [1.165, 1.54) is 16.6 Å². The number of carbonyl (C=O) groups is 1. The summed E-state index contributed by atoms with van der Waals surface area (Å²) in [6.45, 7) is 8.07. The highest BCUT2D eigenvalue weighted by Crippen LogP contribution is 2.34. The average Bonchev–Trinajstić information content (AvgIpc) is 3.23. The minimum Gasteiger partial charge on any atom is -0.328 e. The van der Waals surface area contributed by atoms with Crippen LogP contribution in [0.5, 0.6) is 0 Å². The fourth-order valence-electron chi connectivity index (χ4n) is 3.98. The van der Waals surface area contributed by atoms with E-state index >= 15 is 0 Å². The maximum absolute atomic E-state index is 12.8. The van der Waals surface area contributed by atoms with Crippen LogP contribution >= 0.6 is 0 Å². The summed E-state index contributed by atoms with van der Waals surface area (Å²) in [6, 6.07) is 14.6. The molecule has 3 aromatic rings. The molecule has 1 atom stereocenters. The van der Waals surface area contributed by atoms with Crippen LogP contribution in [0.2, 0.25) is 0 Å². The van der Waals surface area contributed by atoms with Crippen molar-refractivity contribution in [3.63, 3.8) is 0 Å². The lowest BCUT2D eigenvalue weighted by Crippen LogP contribution is -2.24. The van der Waals surface area contributed by atoms with Gasteiger partial charge in [0.2, 0.25) is 5.91 Å². The van der Waals surface area contributed by atoms with Gasteiger partial charge in [0, 0.05) is 31.1 Å². The number of para-hydroxylation sites is 2. The predicted molar refractivity (Wildman–Crippen MR) is 110 cm³/mol. The van der Waals surface area contributed by atoms with E-state index in [-0.39, 0.29) is 11.8 Å². The number of benzene rings is 2. The first-order valence-electron chi connectivity index (χ1n) is 9.91. The summed E-state index contributed by atoms with van der Waals surface area (Å²) in [5.74, 6) is 1.39. The first kappa shape index (κ1) is 17.8. The standard InChI is InChI=1S/C23H27N3O/c1-4-5-12-25-21-9-7-6-8-20(21)24-23(25)18-14-22(27)26(15-18)19-11-10-16(2)17(3)13-19/h6-11,13,18H,4-5,12,14-15H2,1-3H3/t18-/m1/s1. The number of rotatable bonds is 5. The van der Waals surface area contributed by atoms with Crippen molar-refractivity contribution in [2.45, 2.75) is 52.5 Å². The fourth-order valence-corrected chi connectivity index (χ4v) is 3.98. The molecule has 4 nitrogen and oxygen atoms in total. The number of amides is 1. The SMILES string of the molecule is CCCCn1c([C@@H]2CC(=O)N(c3ccc(C)c(C)c3)C2)nc2ccccc21. The highest BCUT2D eigenvalue weighted by atomic mass is 16.2. The third-order valence-electron chi connectivity index (χ3n) is 5.71. The molecule has 2 aromatic carbocycles. The average molecular weight is 361 g/mol. The molecular weight excluding hydrogens is 334 g/mol. The number of hydrogen-bond donors (Lipinski definition) is 0. The minimum absolute atomic E-state index is 0.142. The van der Waals surface area contributed by atoms with Gasteiger partial charge in [0.1, 0.15) is 5.82 Å². The summed E-state index contributed by atoms with van der Waals surface area (Å²) < 4.78 is 2.33. The smallest absolute Gasteiger partial charge is 0.227 e. The summed E-state index contributed by atoms with van der Waals surface area (Å²) in [4.78, 5) is 19.6. The van der Waals surface area contributed by atoms with Crippen molar-refractivity contribution in [3.8, 4) is 0 Å². The van der Waals surface area contributed by atoms with Gasteiger partial charge in [0.15, 0.2) is 0 Å². The van der Waals surface area contributed by atoms with Crippen molar-refractivity contribution in [2.24, 2.45) is 0 Å². The van der Waals surface area contributed by atoms with Crippen molar-refractivity contribution in [1.29, 1.82) is 0 Å². The predicted octanol–water partition coefficient (Wildman–Crippen LogP) is 4.97. The first-order valence-corrected chi connectivity index (χ1v) is 9.91. The van der Waals surface area contributed by atoms with Crippen LogP contribution < -0.4 is 4.90 Å². The molecule has 0 bridgehead atoms. The van der Waals surface area contributed by atoms with E-state index in [9.17, 15) is 4.79 Å². The van der Waals surface area contributed by atoms with Gasteiger partial charge in [-0.2, -0.15) is 0 Å². The summed E-state index contributed by atoms with van der Waals surface area (Å²) in [7, 11) is 0. The van der Waals surface area contributed by atoms with E-state index in [1.807, 2.05) is 11.0 Å². The van der Waals surface area contributed by atoms with E-state index in [0.717, 1.165) is 36.4 Å². The van der Waals surface area contributed by atoms with E-state index in [4.69, 9.17) is 4.98 Å². The second kappa shape index (κ2) is 7.18. The molecule has 27 heavy (non-hydrogen) atoms. The quantitative estimate of drug-likeness (QED) is 0.643. The van der Waals surface area contributed by atoms with Crippen LogP contribution in [0.3, 0.4) is 0 Å². The van der Waals surface area contributed by atoms with Crippen molar-refractivity contribution >= 4 is 22.6 Å². The van der Waals surface area contributed by atoms with Gasteiger partial charge in [-0.1, -0.05) is 31.5 Å². The minimum atomic E-state index is 0.142. The molecule has 0 saturated carbocycles. The maximum Gasteiger partial charge on any atom is 0.227 e. The van der Waals surface area contributed by atoms with Crippen LogP contribution in [-0.4, -0.2) is 22.0 Å². The van der Waals surface area contributed by atoms with Crippen molar-refractivity contribution < 1.29 is 4.79 Å². The number of aryl methyl sites for hydroxylation is 3. The Balaban J connectivity index is 1.68. The summed E-state index contributed by atoms with van der Waals surface area (Å²) in [5.41, 5.74) is 5.68. The second-order valence-electron chi connectivity index (χ2n) is 7.64. The Hall–Kier alpha value is -2.62. The molecule has 1 amide bonds. The molecule has 4 rings (SSSR count). The number of nitrogens with zero attached hydrogens (tertiary/aromatic N) is 3. The number of aromatic nitrogens is 2. The molecule has 0 aliphatic carbocycles. The molecule has 0 radical (unpaired) electrons. The second-order valence-corrected chi connectivity index (χ2v) is 7.64. The van der Waals surface area contributed by atoms with Crippen molar-refractivity contribution in [2.75, 3.05) is 11.4 Å². The van der Waals surface area contributed by atoms with Crippen LogP contribution in [0, 0.1) is 13.8 Å². The maximum atomic E-state index is 12.8. The van der Waals surface area contributed by atoms with Crippen LogP contribution in [0.1, 0.15) is 49.1 Å². The van der Waals surface area contributed by atoms with Gasteiger partial charge in [0.25, 0.3) is 0 Å². The van der Waals surface area contributed by atoms with Crippen LogP contribution in [0.25, 0.3) is 11.0 Å². The number of fused-ring (bicyclic) bond motifs is 1. The third kappa shape index (κ3) is 3.25. The zero-order valence-electron chi connectivity index (χ0n) is 16.4.